The number of ether oxygens (including phenoxy) is 1. The third kappa shape index (κ3) is 3.20. The van der Waals surface area contributed by atoms with Crippen molar-refractivity contribution >= 4 is 17.1 Å². The first-order valence-corrected chi connectivity index (χ1v) is 10.0. The van der Waals surface area contributed by atoms with Crippen LogP contribution in [0.5, 0.6) is 5.88 Å². The molecule has 1 aliphatic heterocycles. The van der Waals surface area contributed by atoms with Gasteiger partial charge in [-0.15, -0.1) is 0 Å². The Morgan fingerprint density at radius 2 is 2.19 bits per heavy atom. The van der Waals surface area contributed by atoms with Gasteiger partial charge in [0.15, 0.2) is 16.9 Å². The van der Waals surface area contributed by atoms with Gasteiger partial charge < -0.3 is 14.2 Å². The molecule has 0 radical (unpaired) electrons. The summed E-state index contributed by atoms with van der Waals surface area (Å²) in [6.07, 6.45) is 5.04. The third-order valence-corrected chi connectivity index (χ3v) is 5.56. The first-order valence-electron chi connectivity index (χ1n) is 10.0. The summed E-state index contributed by atoms with van der Waals surface area (Å²) in [5.74, 6) is 0.915. The average Bonchev–Trinajstić information content (AvgIpc) is 3.56. The zero-order valence-corrected chi connectivity index (χ0v) is 17.4. The summed E-state index contributed by atoms with van der Waals surface area (Å²) < 4.78 is 14.5. The van der Waals surface area contributed by atoms with Gasteiger partial charge in [-0.05, 0) is 19.0 Å². The summed E-state index contributed by atoms with van der Waals surface area (Å²) in [6, 6.07) is 0. The number of aryl methyl sites for hydroxylation is 2. The number of carbonyl (C=O) groups excluding carboxylic acids is 1. The number of nitrogens with zero attached hydrogens (tertiary/aromatic N) is 9. The topological polar surface area (TPSA) is 130 Å². The van der Waals surface area contributed by atoms with Gasteiger partial charge in [0.2, 0.25) is 5.88 Å². The maximum atomic E-state index is 12.4. The first kappa shape index (κ1) is 19.2. The SMILES string of the molecule is CCn1ncc(-c2nc3c(OC4CCN(C(=O)c5cnon5)C4)ncnc3n2C)c1C. The molecule has 1 atom stereocenters. The number of amides is 1. The molecule has 160 valence electrons. The molecule has 0 saturated carbocycles. The predicted octanol–water partition coefficient (Wildman–Crippen LogP) is 1.23. The van der Waals surface area contributed by atoms with E-state index in [1.807, 2.05) is 36.3 Å². The fraction of sp³-hybridized carbons (Fsp3) is 0.421. The van der Waals surface area contributed by atoms with E-state index in [-0.39, 0.29) is 17.7 Å². The van der Waals surface area contributed by atoms with Crippen LogP contribution in [0.3, 0.4) is 0 Å². The van der Waals surface area contributed by atoms with Crippen molar-refractivity contribution in [1.82, 2.24) is 44.5 Å². The molecule has 0 bridgehead atoms. The predicted molar refractivity (Wildman–Crippen MR) is 107 cm³/mol. The Kier molecular flexibility index (Phi) is 4.60. The Balaban J connectivity index is 1.41. The number of rotatable bonds is 5. The second-order valence-electron chi connectivity index (χ2n) is 7.38. The van der Waals surface area contributed by atoms with Gasteiger partial charge >= 0.3 is 0 Å². The van der Waals surface area contributed by atoms with Crippen LogP contribution in [0.2, 0.25) is 0 Å². The van der Waals surface area contributed by atoms with Crippen LogP contribution in [0.25, 0.3) is 22.6 Å². The first-order chi connectivity index (χ1) is 15.1. The summed E-state index contributed by atoms with van der Waals surface area (Å²) in [5, 5.41) is 11.5. The highest BCUT2D eigenvalue weighted by Crippen LogP contribution is 2.30. The van der Waals surface area contributed by atoms with E-state index in [1.54, 1.807) is 4.90 Å². The minimum Gasteiger partial charge on any atom is -0.471 e. The lowest BCUT2D eigenvalue weighted by atomic mass is 10.2. The van der Waals surface area contributed by atoms with Crippen molar-refractivity contribution < 1.29 is 14.2 Å². The van der Waals surface area contributed by atoms with Gasteiger partial charge in [-0.25, -0.2) is 14.6 Å². The van der Waals surface area contributed by atoms with Gasteiger partial charge in [0.1, 0.15) is 24.5 Å². The monoisotopic (exact) mass is 423 g/mol. The maximum absolute atomic E-state index is 12.4. The molecule has 4 aromatic rings. The summed E-state index contributed by atoms with van der Waals surface area (Å²) in [6.45, 7) is 5.81. The minimum atomic E-state index is -0.233. The standard InChI is InChI=1S/C19H21N9O3/c1-4-28-11(2)13(7-22-28)16-24-15-17(26(16)3)20-10-21-18(15)30-12-5-6-27(9-12)19(29)14-8-23-31-25-14/h7-8,10,12H,4-6,9H2,1-3H3. The zero-order chi connectivity index (χ0) is 21.5. The molecule has 12 nitrogen and oxygen atoms in total. The quantitative estimate of drug-likeness (QED) is 0.465. The number of hydrogen-bond acceptors (Lipinski definition) is 9. The molecule has 4 aromatic heterocycles. The lowest BCUT2D eigenvalue weighted by Gasteiger charge is -2.15. The van der Waals surface area contributed by atoms with Crippen molar-refractivity contribution in [3.05, 3.63) is 30.1 Å². The van der Waals surface area contributed by atoms with Crippen LogP contribution in [0, 0.1) is 6.92 Å². The second-order valence-corrected chi connectivity index (χ2v) is 7.38. The molecular formula is C19H21N9O3. The molecule has 12 heteroatoms. The number of aromatic nitrogens is 8. The van der Waals surface area contributed by atoms with Crippen LogP contribution in [0.1, 0.15) is 29.5 Å². The van der Waals surface area contributed by atoms with Gasteiger partial charge in [0.05, 0.1) is 18.3 Å². The van der Waals surface area contributed by atoms with E-state index in [2.05, 4.69) is 30.0 Å². The maximum Gasteiger partial charge on any atom is 0.277 e. The summed E-state index contributed by atoms with van der Waals surface area (Å²) in [4.78, 5) is 27.6. The summed E-state index contributed by atoms with van der Waals surface area (Å²) >= 11 is 0. The molecule has 0 spiro atoms. The molecule has 1 unspecified atom stereocenters. The Morgan fingerprint density at radius 1 is 1.32 bits per heavy atom. The second kappa shape index (κ2) is 7.45. The molecule has 1 amide bonds. The van der Waals surface area contributed by atoms with Crippen molar-refractivity contribution in [3.8, 4) is 17.3 Å². The summed E-state index contributed by atoms with van der Waals surface area (Å²) in [5.41, 5.74) is 3.40. The van der Waals surface area contributed by atoms with Gasteiger partial charge in [-0.2, -0.15) is 10.1 Å². The van der Waals surface area contributed by atoms with E-state index >= 15 is 0 Å². The van der Waals surface area contributed by atoms with Crippen molar-refractivity contribution in [2.75, 3.05) is 13.1 Å². The van der Waals surface area contributed by atoms with E-state index in [0.29, 0.717) is 36.6 Å². The van der Waals surface area contributed by atoms with E-state index in [4.69, 9.17) is 9.72 Å². The van der Waals surface area contributed by atoms with E-state index < -0.39 is 0 Å². The number of fused-ring (bicyclic) bond motifs is 1. The van der Waals surface area contributed by atoms with Crippen molar-refractivity contribution in [2.24, 2.45) is 7.05 Å². The third-order valence-electron chi connectivity index (χ3n) is 5.56. The fourth-order valence-electron chi connectivity index (χ4n) is 3.88. The van der Waals surface area contributed by atoms with Gasteiger partial charge in [-0.1, -0.05) is 5.16 Å². The lowest BCUT2D eigenvalue weighted by molar-refractivity contribution is 0.0760. The van der Waals surface area contributed by atoms with Crippen LogP contribution in [-0.2, 0) is 13.6 Å². The van der Waals surface area contributed by atoms with Crippen LogP contribution < -0.4 is 4.74 Å². The van der Waals surface area contributed by atoms with Gasteiger partial charge in [0, 0.05) is 32.3 Å². The smallest absolute Gasteiger partial charge is 0.277 e. The Bertz CT molecular complexity index is 1240. The molecule has 31 heavy (non-hydrogen) atoms. The molecule has 1 saturated heterocycles. The number of imidazole rings is 1. The Labute approximate surface area is 176 Å². The Morgan fingerprint density at radius 3 is 2.94 bits per heavy atom. The molecular weight excluding hydrogens is 402 g/mol. The number of likely N-dealkylation sites (tertiary alicyclic amines) is 1. The van der Waals surface area contributed by atoms with E-state index in [9.17, 15) is 4.79 Å². The molecule has 5 heterocycles. The Hall–Kier alpha value is -3.83. The van der Waals surface area contributed by atoms with Crippen LogP contribution in [-0.4, -0.2) is 69.6 Å². The van der Waals surface area contributed by atoms with Crippen LogP contribution in [0.15, 0.2) is 23.4 Å². The van der Waals surface area contributed by atoms with Gasteiger partial charge in [-0.3, -0.25) is 9.48 Å². The zero-order valence-electron chi connectivity index (χ0n) is 17.4. The highest BCUT2D eigenvalue weighted by Gasteiger charge is 2.31. The fourth-order valence-corrected chi connectivity index (χ4v) is 3.88. The number of hydrogen-bond donors (Lipinski definition) is 0. The largest absolute Gasteiger partial charge is 0.471 e. The molecule has 0 aliphatic carbocycles. The summed E-state index contributed by atoms with van der Waals surface area (Å²) in [7, 11) is 1.91. The highest BCUT2D eigenvalue weighted by atomic mass is 16.6. The molecule has 1 aliphatic rings. The van der Waals surface area contributed by atoms with Gasteiger partial charge in [0.25, 0.3) is 5.91 Å². The lowest BCUT2D eigenvalue weighted by Crippen LogP contribution is -2.31. The van der Waals surface area contributed by atoms with Crippen LogP contribution in [0.4, 0.5) is 0 Å². The molecule has 1 fully saturated rings. The molecule has 5 rings (SSSR count). The van der Waals surface area contributed by atoms with Crippen molar-refractivity contribution in [1.29, 1.82) is 0 Å². The van der Waals surface area contributed by atoms with E-state index in [1.165, 1.54) is 12.5 Å². The minimum absolute atomic E-state index is 0.183. The normalized spacial score (nSPS) is 16.4. The average molecular weight is 423 g/mol. The molecule has 0 N–H and O–H groups in total. The molecule has 0 aromatic carbocycles. The number of carbonyl (C=O) groups is 1. The van der Waals surface area contributed by atoms with Crippen molar-refractivity contribution in [2.45, 2.75) is 32.9 Å². The van der Waals surface area contributed by atoms with Crippen molar-refractivity contribution in [3.63, 3.8) is 0 Å². The van der Waals surface area contributed by atoms with Crippen LogP contribution >= 0.6 is 0 Å². The highest BCUT2D eigenvalue weighted by molar-refractivity contribution is 5.92. The van der Waals surface area contributed by atoms with E-state index in [0.717, 1.165) is 23.6 Å².